The van der Waals surface area contributed by atoms with Gasteiger partial charge in [-0.1, -0.05) is 0 Å². The lowest BCUT2D eigenvalue weighted by Gasteiger charge is -2.22. The number of nitrogens with zero attached hydrogens (tertiary/aromatic N) is 3. The normalized spacial score (nSPS) is 23.2. The highest BCUT2D eigenvalue weighted by Crippen LogP contribution is 2.33. The first-order chi connectivity index (χ1) is 8.46. The molecule has 1 unspecified atom stereocenters. The Bertz CT molecular complexity index is 481. The van der Waals surface area contributed by atoms with Crippen LogP contribution in [0.2, 0.25) is 0 Å². The zero-order chi connectivity index (χ0) is 13.3. The van der Waals surface area contributed by atoms with E-state index in [0.717, 1.165) is 6.20 Å². The monoisotopic (exact) mass is 253 g/mol. The van der Waals surface area contributed by atoms with Crippen molar-refractivity contribution in [3.8, 4) is 0 Å². The second-order valence-corrected chi connectivity index (χ2v) is 4.71. The third-order valence-electron chi connectivity index (χ3n) is 3.32. The van der Waals surface area contributed by atoms with E-state index in [2.05, 4.69) is 15.3 Å². The maximum absolute atomic E-state index is 13.7. The molecule has 0 aromatic carbocycles. The van der Waals surface area contributed by atoms with E-state index in [-0.39, 0.29) is 11.7 Å². The zero-order valence-corrected chi connectivity index (χ0v) is 10.4. The molecular formula is C11H16FN5O. The van der Waals surface area contributed by atoms with Gasteiger partial charge >= 0.3 is 0 Å². The number of hydrogen-bond donors (Lipinski definition) is 2. The fraction of sp³-hybridized carbons (Fsp3) is 0.545. The number of primary amides is 1. The molecule has 1 aromatic heterocycles. The number of anilines is 2. The van der Waals surface area contributed by atoms with Crippen molar-refractivity contribution in [1.82, 2.24) is 9.97 Å². The van der Waals surface area contributed by atoms with E-state index in [1.54, 1.807) is 18.9 Å². The van der Waals surface area contributed by atoms with Crippen LogP contribution in [0.3, 0.4) is 0 Å². The average molecular weight is 253 g/mol. The van der Waals surface area contributed by atoms with Crippen LogP contribution in [0.4, 0.5) is 16.2 Å². The minimum atomic E-state index is -0.628. The Morgan fingerprint density at radius 2 is 2.39 bits per heavy atom. The highest BCUT2D eigenvalue weighted by molar-refractivity contribution is 5.82. The van der Waals surface area contributed by atoms with Crippen molar-refractivity contribution in [1.29, 1.82) is 0 Å². The Morgan fingerprint density at radius 1 is 1.67 bits per heavy atom. The molecule has 1 aromatic rings. The van der Waals surface area contributed by atoms with E-state index in [1.165, 1.54) is 0 Å². The Labute approximate surface area is 104 Å². The maximum atomic E-state index is 13.7. The molecule has 0 radical (unpaired) electrons. The van der Waals surface area contributed by atoms with Crippen molar-refractivity contribution in [2.45, 2.75) is 13.3 Å². The number of amides is 1. The molecule has 0 aliphatic carbocycles. The minimum absolute atomic E-state index is 0.208. The SMILES string of the molecule is CNc1ncc(F)c(N2CCC(C)(C(N)=O)C2)n1. The fourth-order valence-electron chi connectivity index (χ4n) is 2.04. The van der Waals surface area contributed by atoms with E-state index >= 15 is 0 Å². The summed E-state index contributed by atoms with van der Waals surface area (Å²) in [6.45, 7) is 2.71. The summed E-state index contributed by atoms with van der Waals surface area (Å²) in [5.41, 5.74) is 4.73. The van der Waals surface area contributed by atoms with Gasteiger partial charge in [-0.15, -0.1) is 0 Å². The number of nitrogens with one attached hydrogen (secondary N) is 1. The second-order valence-electron chi connectivity index (χ2n) is 4.71. The highest BCUT2D eigenvalue weighted by Gasteiger charge is 2.40. The van der Waals surface area contributed by atoms with Crippen molar-refractivity contribution >= 4 is 17.7 Å². The standard InChI is InChI=1S/C11H16FN5O/c1-11(9(13)18)3-4-17(6-11)8-7(12)5-15-10(14-2)16-8/h5H,3-4,6H2,1-2H3,(H2,13,18)(H,14,15,16). The van der Waals surface area contributed by atoms with Gasteiger partial charge in [0.15, 0.2) is 11.6 Å². The molecule has 1 atom stereocenters. The summed E-state index contributed by atoms with van der Waals surface area (Å²) in [5, 5.41) is 2.75. The molecule has 2 heterocycles. The first-order valence-electron chi connectivity index (χ1n) is 5.71. The summed E-state index contributed by atoms with van der Waals surface area (Å²) in [5.74, 6) is -0.311. The molecule has 98 valence electrons. The molecule has 6 nitrogen and oxygen atoms in total. The van der Waals surface area contributed by atoms with Crippen LogP contribution in [0.1, 0.15) is 13.3 Å². The number of hydrogen-bond acceptors (Lipinski definition) is 5. The predicted molar refractivity (Wildman–Crippen MR) is 65.7 cm³/mol. The molecule has 1 fully saturated rings. The Morgan fingerprint density at radius 3 is 2.94 bits per heavy atom. The van der Waals surface area contributed by atoms with Crippen molar-refractivity contribution < 1.29 is 9.18 Å². The molecule has 18 heavy (non-hydrogen) atoms. The molecule has 1 aliphatic heterocycles. The first-order valence-corrected chi connectivity index (χ1v) is 5.71. The third-order valence-corrected chi connectivity index (χ3v) is 3.32. The largest absolute Gasteiger partial charge is 0.369 e. The number of carbonyl (C=O) groups is 1. The van der Waals surface area contributed by atoms with Crippen LogP contribution >= 0.6 is 0 Å². The summed E-state index contributed by atoms with van der Waals surface area (Å²) in [7, 11) is 1.66. The van der Waals surface area contributed by atoms with Crippen LogP contribution in [0.15, 0.2) is 6.20 Å². The number of aromatic nitrogens is 2. The quantitative estimate of drug-likeness (QED) is 0.812. The van der Waals surface area contributed by atoms with Gasteiger partial charge in [-0.3, -0.25) is 4.79 Å². The fourth-order valence-corrected chi connectivity index (χ4v) is 2.04. The molecule has 2 rings (SSSR count). The van der Waals surface area contributed by atoms with E-state index in [9.17, 15) is 9.18 Å². The van der Waals surface area contributed by atoms with Gasteiger partial charge in [0.05, 0.1) is 11.6 Å². The minimum Gasteiger partial charge on any atom is -0.369 e. The van der Waals surface area contributed by atoms with Gasteiger partial charge < -0.3 is 16.0 Å². The predicted octanol–water partition coefficient (Wildman–Crippen LogP) is 0.359. The Balaban J connectivity index is 2.26. The summed E-state index contributed by atoms with van der Waals surface area (Å²) in [6.07, 6.45) is 1.72. The molecule has 1 saturated heterocycles. The molecule has 0 bridgehead atoms. The summed E-state index contributed by atoms with van der Waals surface area (Å²) in [4.78, 5) is 20.9. The maximum Gasteiger partial charge on any atom is 0.225 e. The van der Waals surface area contributed by atoms with E-state index in [4.69, 9.17) is 5.73 Å². The Kier molecular flexibility index (Phi) is 3.06. The smallest absolute Gasteiger partial charge is 0.225 e. The van der Waals surface area contributed by atoms with Crippen LogP contribution in [-0.4, -0.2) is 36.0 Å². The van der Waals surface area contributed by atoms with E-state index in [1.807, 2.05) is 0 Å². The number of carbonyl (C=O) groups excluding carboxylic acids is 1. The number of halogens is 1. The van der Waals surface area contributed by atoms with Crippen LogP contribution in [0.25, 0.3) is 0 Å². The van der Waals surface area contributed by atoms with Crippen molar-refractivity contribution in [2.75, 3.05) is 30.4 Å². The van der Waals surface area contributed by atoms with Gasteiger partial charge in [-0.25, -0.2) is 9.37 Å². The lowest BCUT2D eigenvalue weighted by Crippen LogP contribution is -2.37. The molecular weight excluding hydrogens is 237 g/mol. The summed E-state index contributed by atoms with van der Waals surface area (Å²) >= 11 is 0. The Hall–Kier alpha value is -1.92. The van der Waals surface area contributed by atoms with Gasteiger partial charge in [0, 0.05) is 20.1 Å². The topological polar surface area (TPSA) is 84.1 Å². The van der Waals surface area contributed by atoms with Gasteiger partial charge in [-0.05, 0) is 13.3 Å². The van der Waals surface area contributed by atoms with E-state index in [0.29, 0.717) is 25.5 Å². The molecule has 0 saturated carbocycles. The van der Waals surface area contributed by atoms with Crippen molar-refractivity contribution in [3.05, 3.63) is 12.0 Å². The number of rotatable bonds is 3. The average Bonchev–Trinajstić information content (AvgIpc) is 2.74. The number of nitrogens with two attached hydrogens (primary N) is 1. The molecule has 7 heteroatoms. The van der Waals surface area contributed by atoms with Gasteiger partial charge in [0.1, 0.15) is 0 Å². The lowest BCUT2D eigenvalue weighted by atomic mass is 9.89. The van der Waals surface area contributed by atoms with Crippen LogP contribution in [0, 0.1) is 11.2 Å². The third kappa shape index (κ3) is 2.07. The second kappa shape index (κ2) is 4.40. The highest BCUT2D eigenvalue weighted by atomic mass is 19.1. The summed E-state index contributed by atoms with van der Waals surface area (Å²) in [6, 6.07) is 0. The van der Waals surface area contributed by atoms with Crippen LogP contribution < -0.4 is 16.0 Å². The molecule has 1 aliphatic rings. The molecule has 1 amide bonds. The van der Waals surface area contributed by atoms with E-state index < -0.39 is 11.2 Å². The van der Waals surface area contributed by atoms with Gasteiger partial charge in [0.25, 0.3) is 0 Å². The van der Waals surface area contributed by atoms with Crippen LogP contribution in [-0.2, 0) is 4.79 Å². The first kappa shape index (κ1) is 12.5. The molecule has 0 spiro atoms. The zero-order valence-electron chi connectivity index (χ0n) is 10.4. The molecule has 3 N–H and O–H groups in total. The van der Waals surface area contributed by atoms with Crippen molar-refractivity contribution in [3.63, 3.8) is 0 Å². The van der Waals surface area contributed by atoms with Crippen LogP contribution in [0.5, 0.6) is 0 Å². The van der Waals surface area contributed by atoms with Gasteiger partial charge in [0.2, 0.25) is 11.9 Å². The van der Waals surface area contributed by atoms with Crippen molar-refractivity contribution in [2.24, 2.45) is 11.1 Å². The lowest BCUT2D eigenvalue weighted by molar-refractivity contribution is -0.125. The summed E-state index contributed by atoms with van der Waals surface area (Å²) < 4.78 is 13.7. The van der Waals surface area contributed by atoms with Gasteiger partial charge in [-0.2, -0.15) is 4.98 Å².